The number of hydrogen-bond acceptors (Lipinski definition) is 5. The highest BCUT2D eigenvalue weighted by atomic mass is 32.2. The number of likely N-dealkylation sites (N-methyl/N-ethyl adjacent to an activating group) is 1. The molecule has 0 amide bonds. The summed E-state index contributed by atoms with van der Waals surface area (Å²) in [5.74, 6) is -0.717. The third-order valence-corrected chi connectivity index (χ3v) is 2.90. The lowest BCUT2D eigenvalue weighted by molar-refractivity contribution is -0.888. The van der Waals surface area contributed by atoms with Crippen LogP contribution < -0.4 is 0 Å². The minimum atomic E-state index is -3.94. The maximum Gasteiger partial charge on any atom is 0.330 e. The highest BCUT2D eigenvalue weighted by Crippen LogP contribution is 1.99. The summed E-state index contributed by atoms with van der Waals surface area (Å²) in [7, 11) is -0.341. The molecule has 0 aliphatic rings. The Morgan fingerprint density at radius 3 is 2.33 bits per heavy atom. The fraction of sp³-hybridized carbons (Fsp3) is 0.700. The van der Waals surface area contributed by atoms with E-state index in [1.165, 1.54) is 6.08 Å². The summed E-state index contributed by atoms with van der Waals surface area (Å²) < 4.78 is 35.1. The van der Waals surface area contributed by atoms with E-state index < -0.39 is 16.1 Å². The summed E-state index contributed by atoms with van der Waals surface area (Å²) in [6.45, 7) is 2.67. The van der Waals surface area contributed by atoms with Crippen molar-refractivity contribution in [3.8, 4) is 0 Å². The smallest absolute Gasteiger partial charge is 0.330 e. The van der Waals surface area contributed by atoms with Crippen LogP contribution in [0.25, 0.3) is 0 Å². The van der Waals surface area contributed by atoms with Gasteiger partial charge in [0, 0.05) is 6.08 Å². The van der Waals surface area contributed by atoms with Crippen molar-refractivity contribution in [2.24, 2.45) is 0 Å². The molecular formula is C10H21NO6S. The Labute approximate surface area is 108 Å². The van der Waals surface area contributed by atoms with Crippen LogP contribution in [0.1, 0.15) is 6.92 Å². The van der Waals surface area contributed by atoms with Crippen molar-refractivity contribution in [3.05, 3.63) is 12.2 Å². The van der Waals surface area contributed by atoms with Crippen LogP contribution in [0, 0.1) is 0 Å². The number of rotatable bonds is 7. The molecule has 0 bridgehead atoms. The molecule has 0 spiro atoms. The van der Waals surface area contributed by atoms with E-state index in [9.17, 15) is 13.2 Å². The molecule has 8 heteroatoms. The Balaban J connectivity index is 0. The Bertz CT molecular complexity index is 374. The maximum atomic E-state index is 11.0. The van der Waals surface area contributed by atoms with Gasteiger partial charge in [0.25, 0.3) is 10.1 Å². The zero-order chi connectivity index (χ0) is 13.5. The van der Waals surface area contributed by atoms with Gasteiger partial charge in [-0.05, 0) is 6.92 Å². The summed E-state index contributed by atoms with van der Waals surface area (Å²) in [4.78, 5) is 11.0. The molecule has 0 atom stereocenters. The summed E-state index contributed by atoms with van der Waals surface area (Å²) in [6.07, 6.45) is 2.90. The van der Waals surface area contributed by atoms with E-state index in [1.807, 2.05) is 0 Å². The van der Waals surface area contributed by atoms with Gasteiger partial charge >= 0.3 is 5.97 Å². The second-order valence-corrected chi connectivity index (χ2v) is 5.91. The zero-order valence-electron chi connectivity index (χ0n) is 10.9. The molecule has 0 saturated carbocycles. The second kappa shape index (κ2) is 8.20. The van der Waals surface area contributed by atoms with Gasteiger partial charge in [0.15, 0.2) is 0 Å². The van der Waals surface area contributed by atoms with Gasteiger partial charge in [-0.1, -0.05) is 6.08 Å². The lowest BCUT2D eigenvalue weighted by Crippen LogP contribution is -2.45. The molecule has 0 rings (SSSR count). The monoisotopic (exact) mass is 283 g/mol. The normalized spacial score (nSPS) is 12.2. The molecule has 108 valence electrons. The summed E-state index contributed by atoms with van der Waals surface area (Å²) in [5.41, 5.74) is 0. The van der Waals surface area contributed by atoms with Gasteiger partial charge in [-0.2, -0.15) is 8.42 Å². The standard InChI is InChI=1S/C10H19NO5S.H2O/c1-4-5-10(12)16-8-6-11(2,3)7-9-17(13,14)15;/h4-5H,6-9H2,1-3H3;1H2. The summed E-state index contributed by atoms with van der Waals surface area (Å²) in [6, 6.07) is 0. The quantitative estimate of drug-likeness (QED) is 0.302. The van der Waals surface area contributed by atoms with Crippen molar-refractivity contribution in [2.45, 2.75) is 6.92 Å². The van der Waals surface area contributed by atoms with Crippen LogP contribution in [0.2, 0.25) is 0 Å². The van der Waals surface area contributed by atoms with Crippen LogP contribution in [0.4, 0.5) is 0 Å². The Hall–Kier alpha value is -0.960. The van der Waals surface area contributed by atoms with Crippen LogP contribution in [-0.4, -0.2) is 68.4 Å². The highest BCUT2D eigenvalue weighted by molar-refractivity contribution is 7.85. The molecule has 2 N–H and O–H groups in total. The van der Waals surface area contributed by atoms with Gasteiger partial charge < -0.3 is 14.7 Å². The molecular weight excluding hydrogens is 262 g/mol. The molecule has 18 heavy (non-hydrogen) atoms. The lowest BCUT2D eigenvalue weighted by Gasteiger charge is -2.28. The van der Waals surface area contributed by atoms with E-state index in [1.54, 1.807) is 27.1 Å². The van der Waals surface area contributed by atoms with E-state index in [-0.39, 0.29) is 24.4 Å². The van der Waals surface area contributed by atoms with Crippen molar-refractivity contribution in [3.63, 3.8) is 0 Å². The summed E-state index contributed by atoms with van der Waals surface area (Å²) in [5, 5.41) is 0. The van der Waals surface area contributed by atoms with Crippen molar-refractivity contribution in [1.29, 1.82) is 0 Å². The van der Waals surface area contributed by atoms with E-state index in [2.05, 4.69) is 0 Å². The SMILES string of the molecule is CC=CC(=O)OCC[N+](C)(C)CCS(=O)(=O)O.[OH-]. The van der Waals surface area contributed by atoms with Crippen LogP contribution in [0.3, 0.4) is 0 Å². The number of carbonyl (C=O) groups is 1. The van der Waals surface area contributed by atoms with Crippen LogP contribution in [0.15, 0.2) is 12.2 Å². The molecule has 0 heterocycles. The van der Waals surface area contributed by atoms with Gasteiger partial charge in [-0.15, -0.1) is 0 Å². The first-order valence-electron chi connectivity index (χ1n) is 5.23. The number of ether oxygens (including phenoxy) is 1. The first-order valence-corrected chi connectivity index (χ1v) is 6.84. The molecule has 0 saturated heterocycles. The van der Waals surface area contributed by atoms with Gasteiger partial charge in [-0.3, -0.25) is 4.55 Å². The lowest BCUT2D eigenvalue weighted by atomic mass is 10.4. The molecule has 0 aliphatic carbocycles. The molecule has 0 radical (unpaired) electrons. The number of esters is 1. The first kappa shape index (κ1) is 19.4. The van der Waals surface area contributed by atoms with Crippen LogP contribution in [-0.2, 0) is 19.6 Å². The number of quaternary nitrogens is 1. The Morgan fingerprint density at radius 1 is 1.33 bits per heavy atom. The summed E-state index contributed by atoms with van der Waals surface area (Å²) >= 11 is 0. The zero-order valence-corrected chi connectivity index (χ0v) is 11.7. The third kappa shape index (κ3) is 11.5. The van der Waals surface area contributed by atoms with Crippen LogP contribution >= 0.6 is 0 Å². The van der Waals surface area contributed by atoms with Crippen LogP contribution in [0.5, 0.6) is 0 Å². The van der Waals surface area contributed by atoms with E-state index in [4.69, 9.17) is 9.29 Å². The molecule has 7 nitrogen and oxygen atoms in total. The van der Waals surface area contributed by atoms with Gasteiger partial charge in [0.05, 0.1) is 20.6 Å². The number of allylic oxidation sites excluding steroid dienone is 1. The minimum Gasteiger partial charge on any atom is -0.870 e. The highest BCUT2D eigenvalue weighted by Gasteiger charge is 2.19. The predicted molar refractivity (Wildman–Crippen MR) is 66.0 cm³/mol. The number of carbonyl (C=O) groups excluding carboxylic acids is 1. The number of nitrogens with zero attached hydrogens (tertiary/aromatic N) is 1. The second-order valence-electron chi connectivity index (χ2n) is 4.34. The maximum absolute atomic E-state index is 11.0. The molecule has 0 aromatic carbocycles. The molecule has 0 aromatic rings. The average Bonchev–Trinajstić information content (AvgIpc) is 2.14. The fourth-order valence-corrected chi connectivity index (χ4v) is 1.78. The molecule has 0 aliphatic heterocycles. The van der Waals surface area contributed by atoms with Crippen molar-refractivity contribution >= 4 is 16.1 Å². The van der Waals surface area contributed by atoms with E-state index in [0.717, 1.165) is 0 Å². The number of hydrogen-bond donors (Lipinski definition) is 1. The van der Waals surface area contributed by atoms with Gasteiger partial charge in [-0.25, -0.2) is 4.79 Å². The van der Waals surface area contributed by atoms with Crippen molar-refractivity contribution in [1.82, 2.24) is 0 Å². The fourth-order valence-electron chi connectivity index (χ4n) is 1.05. The van der Waals surface area contributed by atoms with Gasteiger partial charge in [0.2, 0.25) is 0 Å². The topological polar surface area (TPSA) is 111 Å². The van der Waals surface area contributed by atoms with Crippen molar-refractivity contribution < 1.29 is 32.5 Å². The minimum absolute atomic E-state index is 0. The van der Waals surface area contributed by atoms with E-state index >= 15 is 0 Å². The van der Waals surface area contributed by atoms with Crippen molar-refractivity contribution in [2.75, 3.05) is 39.5 Å². The third-order valence-electron chi connectivity index (χ3n) is 2.20. The average molecular weight is 283 g/mol. The Morgan fingerprint density at radius 2 is 1.89 bits per heavy atom. The molecule has 0 fully saturated rings. The molecule has 0 aromatic heterocycles. The first-order chi connectivity index (χ1) is 7.66. The Kier molecular flexibility index (Phi) is 8.83. The largest absolute Gasteiger partial charge is 0.870 e. The van der Waals surface area contributed by atoms with Gasteiger partial charge in [0.1, 0.15) is 18.9 Å². The molecule has 0 unspecified atom stereocenters. The predicted octanol–water partition coefficient (Wildman–Crippen LogP) is -0.107. The van der Waals surface area contributed by atoms with E-state index in [0.29, 0.717) is 11.0 Å².